The number of anilines is 2. The normalized spacial score (nSPS) is 21.5. The van der Waals surface area contributed by atoms with Crippen molar-refractivity contribution in [3.63, 3.8) is 0 Å². The summed E-state index contributed by atoms with van der Waals surface area (Å²) in [5, 5.41) is 5.59. The van der Waals surface area contributed by atoms with Crippen molar-refractivity contribution in [2.45, 2.75) is 37.7 Å². The molecule has 2 atom stereocenters. The first-order valence-electron chi connectivity index (χ1n) is 10.2. The van der Waals surface area contributed by atoms with Crippen molar-refractivity contribution in [3.05, 3.63) is 48.0 Å². The molecule has 31 heavy (non-hydrogen) atoms. The zero-order chi connectivity index (χ0) is 22.2. The molecule has 0 saturated carbocycles. The maximum Gasteiger partial charge on any atom is 0.265 e. The topological polar surface area (TPSA) is 105 Å². The lowest BCUT2D eigenvalue weighted by Gasteiger charge is -2.32. The van der Waals surface area contributed by atoms with E-state index in [1.807, 2.05) is 18.2 Å². The number of fused-ring (bicyclic) bond motifs is 1. The molecule has 2 aliphatic rings. The third kappa shape index (κ3) is 4.28. The molecule has 2 aromatic rings. The number of hydrogen-bond acceptors (Lipinski definition) is 5. The molecule has 4 rings (SSSR count). The van der Waals surface area contributed by atoms with E-state index in [0.717, 1.165) is 0 Å². The number of carbonyl (C=O) groups excluding carboxylic acids is 2. The number of amides is 2. The largest absolute Gasteiger partial charge is 0.479 e. The lowest BCUT2D eigenvalue weighted by atomic mass is 9.99. The quantitative estimate of drug-likeness (QED) is 0.756. The number of hydrogen-bond donors (Lipinski definition) is 2. The number of piperidine rings is 1. The van der Waals surface area contributed by atoms with Crippen LogP contribution in [0.4, 0.5) is 11.4 Å². The number of benzene rings is 2. The molecule has 0 aromatic heterocycles. The number of sulfonamides is 1. The Labute approximate surface area is 181 Å². The van der Waals surface area contributed by atoms with E-state index in [0.29, 0.717) is 42.1 Å². The lowest BCUT2D eigenvalue weighted by Crippen LogP contribution is -2.44. The Morgan fingerprint density at radius 2 is 1.97 bits per heavy atom. The average molecular weight is 444 g/mol. The number of ether oxygens (including phenoxy) is 1. The molecule has 2 amide bonds. The van der Waals surface area contributed by atoms with Crippen molar-refractivity contribution in [1.82, 2.24) is 4.31 Å². The van der Waals surface area contributed by atoms with Crippen molar-refractivity contribution in [2.24, 2.45) is 5.92 Å². The molecular weight excluding hydrogens is 418 g/mol. The van der Waals surface area contributed by atoms with Gasteiger partial charge in [0.25, 0.3) is 5.91 Å². The predicted molar refractivity (Wildman–Crippen MR) is 116 cm³/mol. The van der Waals surface area contributed by atoms with Crippen molar-refractivity contribution < 1.29 is 22.7 Å². The van der Waals surface area contributed by atoms with Crippen LogP contribution in [0.3, 0.4) is 0 Å². The summed E-state index contributed by atoms with van der Waals surface area (Å²) in [5.41, 5.74) is 1.65. The van der Waals surface area contributed by atoms with Crippen LogP contribution < -0.4 is 15.4 Å². The molecule has 9 heteroatoms. The molecule has 1 saturated heterocycles. The van der Waals surface area contributed by atoms with E-state index in [1.165, 1.54) is 10.4 Å². The van der Waals surface area contributed by atoms with Crippen molar-refractivity contribution >= 4 is 33.2 Å². The van der Waals surface area contributed by atoms with Gasteiger partial charge in [-0.1, -0.05) is 18.2 Å². The summed E-state index contributed by atoms with van der Waals surface area (Å²) in [7, 11) is -3.84. The van der Waals surface area contributed by atoms with Crippen LogP contribution in [0.5, 0.6) is 5.75 Å². The second kappa shape index (κ2) is 8.32. The summed E-state index contributed by atoms with van der Waals surface area (Å²) >= 11 is 0. The summed E-state index contributed by atoms with van der Waals surface area (Å²) in [6.45, 7) is 3.75. The second-order valence-electron chi connectivity index (χ2n) is 7.92. The minimum absolute atomic E-state index is 0.117. The Morgan fingerprint density at radius 3 is 2.71 bits per heavy atom. The molecule has 8 nitrogen and oxygen atoms in total. The number of carbonyl (C=O) groups is 2. The second-order valence-corrected chi connectivity index (χ2v) is 9.83. The maximum absolute atomic E-state index is 13.4. The van der Waals surface area contributed by atoms with Crippen molar-refractivity contribution in [2.75, 3.05) is 23.7 Å². The van der Waals surface area contributed by atoms with Gasteiger partial charge in [0.15, 0.2) is 6.10 Å². The highest BCUT2D eigenvalue weighted by Crippen LogP contribution is 2.36. The molecule has 2 N–H and O–H groups in total. The number of aryl methyl sites for hydroxylation is 1. The first-order valence-corrected chi connectivity index (χ1v) is 11.7. The minimum Gasteiger partial charge on any atom is -0.479 e. The first-order chi connectivity index (χ1) is 14.8. The molecule has 0 aliphatic carbocycles. The van der Waals surface area contributed by atoms with E-state index in [2.05, 4.69) is 10.6 Å². The van der Waals surface area contributed by atoms with E-state index in [-0.39, 0.29) is 23.3 Å². The zero-order valence-corrected chi connectivity index (χ0v) is 18.2. The monoisotopic (exact) mass is 443 g/mol. The Bertz CT molecular complexity index is 1120. The Balaban J connectivity index is 1.55. The standard InChI is InChI=1S/C22H25N3O5S/c1-14-11-18-19(30-15(2)21(26)24-18)12-20(14)31(28,29)25-10-6-7-16(13-25)22(27)23-17-8-4-3-5-9-17/h3-5,8-9,11-12,15-16H,6-7,10,13H2,1-2H3,(H,23,27)(H,24,26). The highest BCUT2D eigenvalue weighted by molar-refractivity contribution is 7.89. The lowest BCUT2D eigenvalue weighted by molar-refractivity contribution is -0.123. The van der Waals surface area contributed by atoms with Crippen LogP contribution in [0.15, 0.2) is 47.4 Å². The van der Waals surface area contributed by atoms with Crippen LogP contribution >= 0.6 is 0 Å². The van der Waals surface area contributed by atoms with E-state index in [4.69, 9.17) is 4.74 Å². The van der Waals surface area contributed by atoms with Gasteiger partial charge in [-0.05, 0) is 50.5 Å². The third-order valence-electron chi connectivity index (χ3n) is 5.62. The zero-order valence-electron chi connectivity index (χ0n) is 17.4. The molecule has 2 unspecified atom stereocenters. The van der Waals surface area contributed by atoms with Crippen LogP contribution in [-0.2, 0) is 19.6 Å². The van der Waals surface area contributed by atoms with Gasteiger partial charge in [-0.3, -0.25) is 9.59 Å². The van der Waals surface area contributed by atoms with Gasteiger partial charge in [0.05, 0.1) is 16.5 Å². The van der Waals surface area contributed by atoms with Gasteiger partial charge in [-0.15, -0.1) is 0 Å². The molecule has 2 aliphatic heterocycles. The molecule has 0 radical (unpaired) electrons. The molecular formula is C22H25N3O5S. The van der Waals surface area contributed by atoms with E-state index in [9.17, 15) is 18.0 Å². The molecule has 1 fully saturated rings. The van der Waals surface area contributed by atoms with Crippen LogP contribution in [0.1, 0.15) is 25.3 Å². The number of para-hydroxylation sites is 1. The van der Waals surface area contributed by atoms with E-state index < -0.39 is 22.0 Å². The summed E-state index contributed by atoms with van der Waals surface area (Å²) in [6, 6.07) is 12.2. The van der Waals surface area contributed by atoms with Gasteiger partial charge in [-0.2, -0.15) is 4.31 Å². The Morgan fingerprint density at radius 1 is 1.23 bits per heavy atom. The van der Waals surface area contributed by atoms with Gasteiger partial charge in [0.1, 0.15) is 5.75 Å². The van der Waals surface area contributed by atoms with Crippen molar-refractivity contribution in [3.8, 4) is 5.75 Å². The fourth-order valence-electron chi connectivity index (χ4n) is 3.90. The predicted octanol–water partition coefficient (Wildman–Crippen LogP) is 2.75. The smallest absolute Gasteiger partial charge is 0.265 e. The van der Waals surface area contributed by atoms with Crippen LogP contribution in [0.2, 0.25) is 0 Å². The van der Waals surface area contributed by atoms with Gasteiger partial charge in [0, 0.05) is 24.8 Å². The average Bonchev–Trinajstić information content (AvgIpc) is 2.75. The fraction of sp³-hybridized carbons (Fsp3) is 0.364. The molecule has 164 valence electrons. The number of nitrogens with one attached hydrogen (secondary N) is 2. The van der Waals surface area contributed by atoms with Gasteiger partial charge in [-0.25, -0.2) is 8.42 Å². The Hall–Kier alpha value is -2.91. The van der Waals surface area contributed by atoms with Crippen LogP contribution in [0, 0.1) is 12.8 Å². The highest BCUT2D eigenvalue weighted by atomic mass is 32.2. The summed E-state index contributed by atoms with van der Waals surface area (Å²) in [6.07, 6.45) is 0.520. The van der Waals surface area contributed by atoms with Gasteiger partial charge >= 0.3 is 0 Å². The van der Waals surface area contributed by atoms with Crippen molar-refractivity contribution in [1.29, 1.82) is 0 Å². The molecule has 0 bridgehead atoms. The Kier molecular flexibility index (Phi) is 5.72. The van der Waals surface area contributed by atoms with E-state index in [1.54, 1.807) is 32.0 Å². The number of nitrogens with zero attached hydrogens (tertiary/aromatic N) is 1. The van der Waals surface area contributed by atoms with Gasteiger partial charge in [0.2, 0.25) is 15.9 Å². The molecule has 2 aromatic carbocycles. The highest BCUT2D eigenvalue weighted by Gasteiger charge is 2.35. The van der Waals surface area contributed by atoms with Crippen LogP contribution in [-0.4, -0.2) is 43.7 Å². The molecule has 0 spiro atoms. The molecule has 2 heterocycles. The van der Waals surface area contributed by atoms with Gasteiger partial charge < -0.3 is 15.4 Å². The first kappa shape index (κ1) is 21.3. The third-order valence-corrected chi connectivity index (χ3v) is 7.63. The number of rotatable bonds is 4. The minimum atomic E-state index is -3.84. The van der Waals surface area contributed by atoms with Crippen LogP contribution in [0.25, 0.3) is 0 Å². The SMILES string of the molecule is Cc1cc2c(cc1S(=O)(=O)N1CCCC(C(=O)Nc3ccccc3)C1)OC(C)C(=O)N2. The summed E-state index contributed by atoms with van der Waals surface area (Å²) in [5.74, 6) is -0.567. The van der Waals surface area contributed by atoms with E-state index >= 15 is 0 Å². The summed E-state index contributed by atoms with van der Waals surface area (Å²) < 4.78 is 33.8. The summed E-state index contributed by atoms with van der Waals surface area (Å²) in [4.78, 5) is 24.7. The maximum atomic E-state index is 13.4. The fourth-order valence-corrected chi connectivity index (χ4v) is 5.65.